The van der Waals surface area contributed by atoms with Crippen molar-refractivity contribution in [2.75, 3.05) is 45.9 Å². The topological polar surface area (TPSA) is 66.7 Å². The minimum atomic E-state index is 0. The molecule has 1 aromatic carbocycles. The Hall–Kier alpha value is -1.65. The number of ether oxygens (including phenoxy) is 1. The van der Waals surface area contributed by atoms with Crippen LogP contribution in [-0.2, 0) is 17.8 Å². The lowest BCUT2D eigenvalue weighted by Crippen LogP contribution is -2.44. The average Bonchev–Trinajstić information content (AvgIpc) is 3.15. The van der Waals surface area contributed by atoms with Crippen molar-refractivity contribution in [3.05, 3.63) is 53.9 Å². The van der Waals surface area contributed by atoms with Gasteiger partial charge in [0.05, 0.1) is 32.5 Å². The number of hydrogen-bond acceptors (Lipinski definition) is 4. The third kappa shape index (κ3) is 7.76. The quantitative estimate of drug-likeness (QED) is 0.331. The number of nitrogens with one attached hydrogen (secondary N) is 2. The minimum absolute atomic E-state index is 0. The summed E-state index contributed by atoms with van der Waals surface area (Å²) in [5.74, 6) is 0.849. The number of morpholine rings is 1. The highest BCUT2D eigenvalue weighted by atomic mass is 127. The van der Waals surface area contributed by atoms with Crippen LogP contribution in [-0.4, -0.2) is 66.6 Å². The Morgan fingerprint density at radius 3 is 2.68 bits per heavy atom. The Labute approximate surface area is 184 Å². The standard InChI is InChI=1S/C20H30N6O.HI/c1-2-21-20(22-8-9-25-10-12-27-13-11-25)23-14-19-15-24-26(17-19)16-18-6-4-3-5-7-18;/h3-7,15,17H,2,8-14,16H2,1H3,(H2,21,22,23);1H. The van der Waals surface area contributed by atoms with Crippen molar-refractivity contribution in [1.82, 2.24) is 25.3 Å². The number of halogens is 1. The van der Waals surface area contributed by atoms with Crippen molar-refractivity contribution in [2.45, 2.75) is 20.0 Å². The van der Waals surface area contributed by atoms with E-state index in [1.54, 1.807) is 0 Å². The Morgan fingerprint density at radius 1 is 1.14 bits per heavy atom. The van der Waals surface area contributed by atoms with Gasteiger partial charge in [-0.05, 0) is 12.5 Å². The summed E-state index contributed by atoms with van der Waals surface area (Å²) in [5.41, 5.74) is 2.35. The van der Waals surface area contributed by atoms with E-state index in [0.29, 0.717) is 6.54 Å². The van der Waals surface area contributed by atoms with E-state index in [0.717, 1.165) is 64.0 Å². The van der Waals surface area contributed by atoms with Gasteiger partial charge in [-0.15, -0.1) is 24.0 Å². The third-order valence-electron chi connectivity index (χ3n) is 4.46. The van der Waals surface area contributed by atoms with E-state index >= 15 is 0 Å². The molecular formula is C20H31IN6O. The maximum atomic E-state index is 5.39. The van der Waals surface area contributed by atoms with E-state index in [2.05, 4.69) is 63.0 Å². The fourth-order valence-electron chi connectivity index (χ4n) is 3.01. The Kier molecular flexibility index (Phi) is 10.3. The number of guanidine groups is 1. The van der Waals surface area contributed by atoms with Crippen LogP contribution in [0.25, 0.3) is 0 Å². The van der Waals surface area contributed by atoms with Gasteiger partial charge in [0.15, 0.2) is 5.96 Å². The van der Waals surface area contributed by atoms with Crippen LogP contribution >= 0.6 is 24.0 Å². The summed E-state index contributed by atoms with van der Waals surface area (Å²) in [7, 11) is 0. The fraction of sp³-hybridized carbons (Fsp3) is 0.500. The molecule has 0 atom stereocenters. The molecule has 0 saturated carbocycles. The largest absolute Gasteiger partial charge is 0.379 e. The van der Waals surface area contributed by atoms with E-state index in [1.165, 1.54) is 5.56 Å². The number of benzene rings is 1. The number of aliphatic imine (C=N–C) groups is 1. The molecule has 0 bridgehead atoms. The molecule has 28 heavy (non-hydrogen) atoms. The summed E-state index contributed by atoms with van der Waals surface area (Å²) in [6.07, 6.45) is 3.96. The van der Waals surface area contributed by atoms with Crippen molar-refractivity contribution in [3.63, 3.8) is 0 Å². The molecule has 8 heteroatoms. The van der Waals surface area contributed by atoms with Gasteiger partial charge in [0.25, 0.3) is 0 Å². The number of rotatable bonds is 8. The van der Waals surface area contributed by atoms with Gasteiger partial charge in [-0.2, -0.15) is 5.10 Å². The number of nitrogens with zero attached hydrogens (tertiary/aromatic N) is 4. The van der Waals surface area contributed by atoms with Gasteiger partial charge in [-0.3, -0.25) is 9.58 Å². The molecule has 1 aliphatic heterocycles. The second-order valence-electron chi connectivity index (χ2n) is 6.61. The Bertz CT molecular complexity index is 700. The van der Waals surface area contributed by atoms with Gasteiger partial charge < -0.3 is 15.4 Å². The summed E-state index contributed by atoms with van der Waals surface area (Å²) < 4.78 is 7.34. The SMILES string of the molecule is CCNC(=NCc1cnn(Cc2ccccc2)c1)NCCN1CCOCC1.I. The van der Waals surface area contributed by atoms with Gasteiger partial charge in [0, 0.05) is 44.5 Å². The highest BCUT2D eigenvalue weighted by Crippen LogP contribution is 2.05. The molecule has 2 aromatic rings. The van der Waals surface area contributed by atoms with E-state index < -0.39 is 0 Å². The molecular weight excluding hydrogens is 467 g/mol. The second-order valence-corrected chi connectivity index (χ2v) is 6.61. The zero-order valence-corrected chi connectivity index (χ0v) is 18.8. The monoisotopic (exact) mass is 498 g/mol. The molecule has 2 N–H and O–H groups in total. The minimum Gasteiger partial charge on any atom is -0.379 e. The predicted molar refractivity (Wildman–Crippen MR) is 123 cm³/mol. The molecule has 0 radical (unpaired) electrons. The first-order chi connectivity index (χ1) is 13.3. The van der Waals surface area contributed by atoms with Crippen LogP contribution in [0.15, 0.2) is 47.7 Å². The lowest BCUT2D eigenvalue weighted by molar-refractivity contribution is 0.0389. The molecule has 0 unspecified atom stereocenters. The summed E-state index contributed by atoms with van der Waals surface area (Å²) in [6.45, 7) is 9.88. The Morgan fingerprint density at radius 2 is 1.93 bits per heavy atom. The predicted octanol–water partition coefficient (Wildman–Crippen LogP) is 1.94. The van der Waals surface area contributed by atoms with Gasteiger partial charge in [0.1, 0.15) is 0 Å². The molecule has 1 aromatic heterocycles. The zero-order chi connectivity index (χ0) is 18.7. The van der Waals surface area contributed by atoms with Crippen molar-refractivity contribution in [1.29, 1.82) is 0 Å². The number of hydrogen-bond donors (Lipinski definition) is 2. The van der Waals surface area contributed by atoms with Crippen LogP contribution in [0.4, 0.5) is 0 Å². The second kappa shape index (κ2) is 12.7. The molecule has 1 fully saturated rings. The first-order valence-electron chi connectivity index (χ1n) is 9.71. The van der Waals surface area contributed by atoms with Gasteiger partial charge in [0.2, 0.25) is 0 Å². The van der Waals surface area contributed by atoms with Crippen LogP contribution in [0, 0.1) is 0 Å². The zero-order valence-electron chi connectivity index (χ0n) is 16.5. The van der Waals surface area contributed by atoms with Crippen molar-refractivity contribution in [3.8, 4) is 0 Å². The summed E-state index contributed by atoms with van der Waals surface area (Å²) in [6, 6.07) is 10.4. The van der Waals surface area contributed by atoms with Crippen molar-refractivity contribution in [2.24, 2.45) is 4.99 Å². The first-order valence-corrected chi connectivity index (χ1v) is 9.71. The molecule has 7 nitrogen and oxygen atoms in total. The van der Waals surface area contributed by atoms with Gasteiger partial charge >= 0.3 is 0 Å². The van der Waals surface area contributed by atoms with E-state index in [9.17, 15) is 0 Å². The maximum absolute atomic E-state index is 5.39. The molecule has 1 saturated heterocycles. The van der Waals surface area contributed by atoms with Crippen molar-refractivity contribution < 1.29 is 4.74 Å². The maximum Gasteiger partial charge on any atom is 0.191 e. The van der Waals surface area contributed by atoms with Crippen molar-refractivity contribution >= 4 is 29.9 Å². The summed E-state index contributed by atoms with van der Waals surface area (Å²) in [4.78, 5) is 7.10. The highest BCUT2D eigenvalue weighted by Gasteiger charge is 2.09. The van der Waals surface area contributed by atoms with Crippen LogP contribution in [0.3, 0.4) is 0 Å². The Balaban J connectivity index is 0.00000280. The van der Waals surface area contributed by atoms with Gasteiger partial charge in [-0.25, -0.2) is 4.99 Å². The lowest BCUT2D eigenvalue weighted by atomic mass is 10.2. The smallest absolute Gasteiger partial charge is 0.191 e. The van der Waals surface area contributed by atoms with Crippen LogP contribution in [0.5, 0.6) is 0 Å². The van der Waals surface area contributed by atoms with E-state index in [1.807, 2.05) is 16.9 Å². The van der Waals surface area contributed by atoms with Crippen LogP contribution in [0.2, 0.25) is 0 Å². The summed E-state index contributed by atoms with van der Waals surface area (Å²) in [5, 5.41) is 11.2. The molecule has 0 aliphatic carbocycles. The summed E-state index contributed by atoms with van der Waals surface area (Å²) >= 11 is 0. The molecule has 3 rings (SSSR count). The van der Waals surface area contributed by atoms with E-state index in [-0.39, 0.29) is 24.0 Å². The lowest BCUT2D eigenvalue weighted by Gasteiger charge is -2.26. The number of aromatic nitrogens is 2. The first kappa shape index (κ1) is 22.6. The molecule has 2 heterocycles. The van der Waals surface area contributed by atoms with Gasteiger partial charge in [-0.1, -0.05) is 30.3 Å². The molecule has 154 valence electrons. The fourth-order valence-corrected chi connectivity index (χ4v) is 3.01. The van der Waals surface area contributed by atoms with E-state index in [4.69, 9.17) is 4.74 Å². The molecule has 0 amide bonds. The van der Waals surface area contributed by atoms with Crippen LogP contribution < -0.4 is 10.6 Å². The third-order valence-corrected chi connectivity index (χ3v) is 4.46. The average molecular weight is 498 g/mol. The molecule has 0 spiro atoms. The highest BCUT2D eigenvalue weighted by molar-refractivity contribution is 14.0. The van der Waals surface area contributed by atoms with Crippen LogP contribution in [0.1, 0.15) is 18.1 Å². The molecule has 1 aliphatic rings. The normalized spacial score (nSPS) is 15.1.